The Morgan fingerprint density at radius 2 is 2.14 bits per heavy atom. The van der Waals surface area contributed by atoms with Crippen LogP contribution in [0.3, 0.4) is 0 Å². The van der Waals surface area contributed by atoms with Crippen LogP contribution in [0.25, 0.3) is 0 Å². The first kappa shape index (κ1) is 15.7. The smallest absolute Gasteiger partial charge is 0.262 e. The van der Waals surface area contributed by atoms with Gasteiger partial charge in [-0.2, -0.15) is 5.10 Å². The van der Waals surface area contributed by atoms with Gasteiger partial charge in [0.05, 0.1) is 27.9 Å². The largest absolute Gasteiger partial charge is 0.392 e. The zero-order chi connectivity index (χ0) is 15.8. The second-order valence-electron chi connectivity index (χ2n) is 4.44. The van der Waals surface area contributed by atoms with Crippen LogP contribution in [-0.4, -0.2) is 23.3 Å². The average molecular weight is 334 g/mol. The summed E-state index contributed by atoms with van der Waals surface area (Å²) >= 11 is 5.64. The second kappa shape index (κ2) is 5.63. The van der Waals surface area contributed by atoms with Gasteiger partial charge in [0.15, 0.2) is 0 Å². The lowest BCUT2D eigenvalue weighted by Crippen LogP contribution is -2.14. The van der Waals surface area contributed by atoms with E-state index in [1.54, 1.807) is 14.0 Å². The van der Waals surface area contributed by atoms with Crippen molar-refractivity contribution in [2.45, 2.75) is 18.4 Å². The molecule has 2 rings (SSSR count). The minimum Gasteiger partial charge on any atom is -0.392 e. The van der Waals surface area contributed by atoms with Crippen molar-refractivity contribution >= 4 is 27.3 Å². The monoisotopic (exact) mass is 333 g/mol. The number of hydrogen-bond acceptors (Lipinski definition) is 4. The first-order valence-electron chi connectivity index (χ1n) is 5.86. The number of aliphatic hydroxyl groups is 1. The molecule has 0 aliphatic carbocycles. The first-order chi connectivity index (χ1) is 9.74. The molecule has 0 aliphatic rings. The third kappa shape index (κ3) is 3.17. The molecule has 6 nitrogen and oxygen atoms in total. The van der Waals surface area contributed by atoms with Gasteiger partial charge in [0, 0.05) is 18.8 Å². The Balaban J connectivity index is 2.45. The lowest BCUT2D eigenvalue weighted by molar-refractivity contribution is 0.281. The molecule has 0 saturated carbocycles. The molecule has 0 atom stereocenters. The van der Waals surface area contributed by atoms with Crippen LogP contribution in [-0.2, 0) is 23.7 Å². The molecule has 0 aliphatic heterocycles. The lowest BCUT2D eigenvalue weighted by atomic mass is 10.2. The second-order valence-corrected chi connectivity index (χ2v) is 6.50. The highest BCUT2D eigenvalue weighted by Crippen LogP contribution is 2.26. The van der Waals surface area contributed by atoms with Crippen molar-refractivity contribution in [3.05, 3.63) is 40.4 Å². The number of anilines is 1. The van der Waals surface area contributed by atoms with Crippen molar-refractivity contribution in [3.8, 4) is 0 Å². The molecule has 1 heterocycles. The number of aryl methyl sites for hydroxylation is 2. The van der Waals surface area contributed by atoms with Crippen LogP contribution in [0.15, 0.2) is 23.2 Å². The van der Waals surface area contributed by atoms with Gasteiger partial charge in [0.25, 0.3) is 10.0 Å². The Morgan fingerprint density at radius 1 is 1.48 bits per heavy atom. The summed E-state index contributed by atoms with van der Waals surface area (Å²) in [6.07, 6.45) is 1.49. The fourth-order valence-corrected chi connectivity index (χ4v) is 3.12. The van der Waals surface area contributed by atoms with Gasteiger partial charge in [-0.15, -0.1) is 0 Å². The maximum Gasteiger partial charge on any atom is 0.262 e. The van der Waals surface area contributed by atoms with Crippen LogP contribution in [0, 0.1) is 12.7 Å². The Hall–Kier alpha value is -1.64. The number of aliphatic hydroxyl groups excluding tert-OH is 1. The molecule has 1 aromatic carbocycles. The Bertz CT molecular complexity index is 789. The zero-order valence-corrected chi connectivity index (χ0v) is 12.8. The Kier molecular flexibility index (Phi) is 4.22. The van der Waals surface area contributed by atoms with Gasteiger partial charge in [-0.3, -0.25) is 9.40 Å². The summed E-state index contributed by atoms with van der Waals surface area (Å²) < 4.78 is 41.9. The van der Waals surface area contributed by atoms with Gasteiger partial charge in [0.2, 0.25) is 0 Å². The normalized spacial score (nSPS) is 11.7. The molecule has 0 amide bonds. The Labute approximate surface area is 126 Å². The molecule has 0 fully saturated rings. The van der Waals surface area contributed by atoms with E-state index < -0.39 is 22.4 Å². The van der Waals surface area contributed by atoms with Crippen LogP contribution in [0.5, 0.6) is 0 Å². The molecule has 0 saturated heterocycles. The predicted molar refractivity (Wildman–Crippen MR) is 76.1 cm³/mol. The molecule has 21 heavy (non-hydrogen) atoms. The number of benzene rings is 1. The van der Waals surface area contributed by atoms with Crippen molar-refractivity contribution in [1.29, 1.82) is 0 Å². The third-order valence-corrected chi connectivity index (χ3v) is 4.58. The highest BCUT2D eigenvalue weighted by Gasteiger charge is 2.20. The van der Waals surface area contributed by atoms with Crippen LogP contribution in [0.2, 0.25) is 5.02 Å². The fourth-order valence-electron chi connectivity index (χ4n) is 1.79. The van der Waals surface area contributed by atoms with E-state index in [4.69, 9.17) is 16.7 Å². The SMILES string of the molecule is Cc1nn(C)cc1NS(=O)(=O)c1cc(F)c(Cl)c(CO)c1. The molecular formula is C12H13ClFN3O3S. The molecule has 0 unspecified atom stereocenters. The lowest BCUT2D eigenvalue weighted by Gasteiger charge is -2.09. The molecule has 2 N–H and O–H groups in total. The van der Waals surface area contributed by atoms with E-state index >= 15 is 0 Å². The minimum atomic E-state index is -4.01. The highest BCUT2D eigenvalue weighted by molar-refractivity contribution is 7.92. The number of nitrogens with one attached hydrogen (secondary N) is 1. The molecular weight excluding hydrogens is 321 g/mol. The number of rotatable bonds is 4. The molecule has 0 radical (unpaired) electrons. The summed E-state index contributed by atoms with van der Waals surface area (Å²) in [5.41, 5.74) is 0.774. The van der Waals surface area contributed by atoms with Crippen molar-refractivity contribution < 1.29 is 17.9 Å². The van der Waals surface area contributed by atoms with E-state index in [1.807, 2.05) is 0 Å². The first-order valence-corrected chi connectivity index (χ1v) is 7.72. The molecule has 2 aromatic rings. The number of sulfonamides is 1. The predicted octanol–water partition coefficient (Wildman–Crippen LogP) is 1.81. The van der Waals surface area contributed by atoms with E-state index in [1.165, 1.54) is 10.9 Å². The standard InChI is InChI=1S/C12H13ClFN3O3S/c1-7-11(5-17(2)15-7)16-21(19,20)9-3-8(6-18)12(13)10(14)4-9/h3-5,16,18H,6H2,1-2H3. The van der Waals surface area contributed by atoms with Crippen LogP contribution >= 0.6 is 11.6 Å². The van der Waals surface area contributed by atoms with E-state index in [9.17, 15) is 12.8 Å². The van der Waals surface area contributed by atoms with E-state index in [0.29, 0.717) is 11.4 Å². The maximum absolute atomic E-state index is 13.6. The van der Waals surface area contributed by atoms with Gasteiger partial charge in [-0.1, -0.05) is 11.6 Å². The van der Waals surface area contributed by atoms with Gasteiger partial charge >= 0.3 is 0 Å². The molecule has 0 bridgehead atoms. The van der Waals surface area contributed by atoms with E-state index in [0.717, 1.165) is 12.1 Å². The quantitative estimate of drug-likeness (QED) is 0.893. The van der Waals surface area contributed by atoms with Crippen LogP contribution in [0.1, 0.15) is 11.3 Å². The average Bonchev–Trinajstić information content (AvgIpc) is 2.70. The van der Waals surface area contributed by atoms with E-state index in [-0.39, 0.29) is 15.5 Å². The number of aromatic nitrogens is 2. The minimum absolute atomic E-state index is 0.0000460. The van der Waals surface area contributed by atoms with Crippen LogP contribution < -0.4 is 4.72 Å². The van der Waals surface area contributed by atoms with Crippen molar-refractivity contribution in [1.82, 2.24) is 9.78 Å². The summed E-state index contributed by atoms with van der Waals surface area (Å²) in [7, 11) is -2.36. The van der Waals surface area contributed by atoms with Gasteiger partial charge in [-0.25, -0.2) is 12.8 Å². The summed E-state index contributed by atoms with van der Waals surface area (Å²) in [6, 6.07) is 1.93. The number of nitrogens with zero attached hydrogens (tertiary/aromatic N) is 2. The van der Waals surface area contributed by atoms with Gasteiger partial charge < -0.3 is 5.11 Å². The topological polar surface area (TPSA) is 84.2 Å². The maximum atomic E-state index is 13.6. The molecule has 9 heteroatoms. The van der Waals surface area contributed by atoms with E-state index in [2.05, 4.69) is 9.82 Å². The van der Waals surface area contributed by atoms with Gasteiger partial charge in [0.1, 0.15) is 5.82 Å². The third-order valence-electron chi connectivity index (χ3n) is 2.82. The fraction of sp³-hybridized carbons (Fsp3) is 0.250. The highest BCUT2D eigenvalue weighted by atomic mass is 35.5. The molecule has 0 spiro atoms. The number of hydrogen-bond donors (Lipinski definition) is 2. The van der Waals surface area contributed by atoms with Gasteiger partial charge in [-0.05, 0) is 19.1 Å². The molecule has 114 valence electrons. The zero-order valence-electron chi connectivity index (χ0n) is 11.3. The summed E-state index contributed by atoms with van der Waals surface area (Å²) in [6.45, 7) is 1.07. The molecule has 1 aromatic heterocycles. The Morgan fingerprint density at radius 3 is 2.67 bits per heavy atom. The number of halogens is 2. The van der Waals surface area contributed by atoms with Crippen molar-refractivity contribution in [2.24, 2.45) is 7.05 Å². The summed E-state index contributed by atoms with van der Waals surface area (Å²) in [5, 5.41) is 12.8. The van der Waals surface area contributed by atoms with Crippen LogP contribution in [0.4, 0.5) is 10.1 Å². The summed E-state index contributed by atoms with van der Waals surface area (Å²) in [5.74, 6) is -0.911. The summed E-state index contributed by atoms with van der Waals surface area (Å²) in [4.78, 5) is -0.322. The van der Waals surface area contributed by atoms with Crippen molar-refractivity contribution in [3.63, 3.8) is 0 Å². The van der Waals surface area contributed by atoms with Crippen molar-refractivity contribution in [2.75, 3.05) is 4.72 Å².